The summed E-state index contributed by atoms with van der Waals surface area (Å²) in [5, 5.41) is 0. The Morgan fingerprint density at radius 3 is 2.40 bits per heavy atom. The number of rotatable bonds is 4. The summed E-state index contributed by atoms with van der Waals surface area (Å²) >= 11 is 0. The Labute approximate surface area is 90.7 Å². The van der Waals surface area contributed by atoms with Crippen LogP contribution in [0.2, 0.25) is 0 Å². The van der Waals surface area contributed by atoms with E-state index in [1.165, 1.54) is 5.56 Å². The summed E-state index contributed by atoms with van der Waals surface area (Å²) in [5.74, 6) is -0.318. The summed E-state index contributed by atoms with van der Waals surface area (Å²) in [5.41, 5.74) is 1.74. The molecule has 15 heavy (non-hydrogen) atoms. The third-order valence-corrected chi connectivity index (χ3v) is 1.92. The van der Waals surface area contributed by atoms with Crippen LogP contribution < -0.4 is 0 Å². The smallest absolute Gasteiger partial charge is 0.338 e. The number of esters is 1. The second-order valence-electron chi connectivity index (χ2n) is 3.57. The van der Waals surface area contributed by atoms with Gasteiger partial charge in [-0.15, -0.1) is 0 Å². The van der Waals surface area contributed by atoms with Crippen molar-refractivity contribution in [3.8, 4) is 0 Å². The number of ether oxygens (including phenoxy) is 1. The molecule has 0 spiro atoms. The maximum Gasteiger partial charge on any atom is 0.338 e. The SMILES string of the molecule is [CH2]COC(=O)c1ccc(CN(C)C)cc1. The molecule has 0 saturated carbocycles. The number of benzene rings is 1. The van der Waals surface area contributed by atoms with Gasteiger partial charge in [0.1, 0.15) is 0 Å². The van der Waals surface area contributed by atoms with Crippen molar-refractivity contribution in [2.45, 2.75) is 6.54 Å². The van der Waals surface area contributed by atoms with Crippen LogP contribution in [0.25, 0.3) is 0 Å². The van der Waals surface area contributed by atoms with Crippen LogP contribution in [0.3, 0.4) is 0 Å². The van der Waals surface area contributed by atoms with E-state index < -0.39 is 0 Å². The fraction of sp³-hybridized carbons (Fsp3) is 0.333. The van der Waals surface area contributed by atoms with Crippen LogP contribution in [0.15, 0.2) is 24.3 Å². The van der Waals surface area contributed by atoms with E-state index in [2.05, 4.69) is 11.8 Å². The molecule has 0 aromatic heterocycles. The second-order valence-corrected chi connectivity index (χ2v) is 3.57. The zero-order valence-corrected chi connectivity index (χ0v) is 9.19. The number of nitrogens with zero attached hydrogens (tertiary/aromatic N) is 1. The Morgan fingerprint density at radius 2 is 1.93 bits per heavy atom. The molecule has 0 atom stereocenters. The largest absolute Gasteiger partial charge is 0.462 e. The van der Waals surface area contributed by atoms with Crippen molar-refractivity contribution in [1.82, 2.24) is 4.90 Å². The number of carbonyl (C=O) groups excluding carboxylic acids is 1. The van der Waals surface area contributed by atoms with Gasteiger partial charge in [-0.3, -0.25) is 0 Å². The fourth-order valence-electron chi connectivity index (χ4n) is 1.29. The van der Waals surface area contributed by atoms with Gasteiger partial charge in [-0.2, -0.15) is 0 Å². The van der Waals surface area contributed by atoms with Crippen LogP contribution in [0.5, 0.6) is 0 Å². The summed E-state index contributed by atoms with van der Waals surface area (Å²) < 4.78 is 4.79. The third-order valence-electron chi connectivity index (χ3n) is 1.92. The predicted molar refractivity (Wildman–Crippen MR) is 59.5 cm³/mol. The molecule has 3 heteroatoms. The summed E-state index contributed by atoms with van der Waals surface area (Å²) in [6.07, 6.45) is 0. The first kappa shape index (κ1) is 11.7. The molecule has 0 N–H and O–H groups in total. The molecule has 1 radical (unpaired) electrons. The molecule has 1 rings (SSSR count). The van der Waals surface area contributed by atoms with Gasteiger partial charge in [-0.05, 0) is 38.7 Å². The van der Waals surface area contributed by atoms with Crippen molar-refractivity contribution < 1.29 is 9.53 Å². The molecular weight excluding hydrogens is 190 g/mol. The number of hydrogen-bond donors (Lipinski definition) is 0. The lowest BCUT2D eigenvalue weighted by Gasteiger charge is -2.09. The average molecular weight is 206 g/mol. The second kappa shape index (κ2) is 5.51. The first-order chi connectivity index (χ1) is 7.13. The van der Waals surface area contributed by atoms with Gasteiger partial charge < -0.3 is 9.64 Å². The predicted octanol–water partition coefficient (Wildman–Crippen LogP) is 1.74. The quantitative estimate of drug-likeness (QED) is 0.703. The Balaban J connectivity index is 2.67. The van der Waals surface area contributed by atoms with E-state index in [0.717, 1.165) is 6.54 Å². The van der Waals surface area contributed by atoms with Crippen molar-refractivity contribution >= 4 is 5.97 Å². The van der Waals surface area contributed by atoms with Crippen molar-refractivity contribution in [2.75, 3.05) is 20.7 Å². The Bertz CT molecular complexity index is 317. The molecule has 81 valence electrons. The van der Waals surface area contributed by atoms with Crippen molar-refractivity contribution in [3.05, 3.63) is 42.3 Å². The first-order valence-corrected chi connectivity index (χ1v) is 4.83. The Morgan fingerprint density at radius 1 is 1.33 bits per heavy atom. The van der Waals surface area contributed by atoms with Gasteiger partial charge in [0.15, 0.2) is 0 Å². The first-order valence-electron chi connectivity index (χ1n) is 4.83. The topological polar surface area (TPSA) is 29.5 Å². The van der Waals surface area contributed by atoms with E-state index in [-0.39, 0.29) is 12.6 Å². The lowest BCUT2D eigenvalue weighted by Crippen LogP contribution is -2.11. The minimum atomic E-state index is -0.318. The molecule has 0 fully saturated rings. The highest BCUT2D eigenvalue weighted by atomic mass is 16.5. The third kappa shape index (κ3) is 3.72. The molecule has 0 aliphatic carbocycles. The minimum absolute atomic E-state index is 0.165. The zero-order valence-electron chi connectivity index (χ0n) is 9.19. The molecule has 0 saturated heterocycles. The molecular formula is C12H16NO2. The van der Waals surface area contributed by atoms with Crippen LogP contribution >= 0.6 is 0 Å². The molecule has 0 aliphatic rings. The monoisotopic (exact) mass is 206 g/mol. The van der Waals surface area contributed by atoms with Crippen LogP contribution in [-0.4, -0.2) is 31.6 Å². The van der Waals surface area contributed by atoms with Crippen molar-refractivity contribution in [1.29, 1.82) is 0 Å². The lowest BCUT2D eigenvalue weighted by molar-refractivity contribution is 0.0547. The van der Waals surface area contributed by atoms with E-state index in [0.29, 0.717) is 5.56 Å². The maximum atomic E-state index is 11.3. The molecule has 1 aromatic rings. The molecule has 0 bridgehead atoms. The van der Waals surface area contributed by atoms with Gasteiger partial charge >= 0.3 is 5.97 Å². The van der Waals surface area contributed by atoms with Gasteiger partial charge in [-0.25, -0.2) is 4.79 Å². The molecule has 0 heterocycles. The highest BCUT2D eigenvalue weighted by Gasteiger charge is 2.05. The highest BCUT2D eigenvalue weighted by Crippen LogP contribution is 2.07. The summed E-state index contributed by atoms with van der Waals surface area (Å²) in [7, 11) is 4.01. The average Bonchev–Trinajstić information content (AvgIpc) is 2.18. The Kier molecular flexibility index (Phi) is 4.31. The van der Waals surface area contributed by atoms with E-state index >= 15 is 0 Å². The van der Waals surface area contributed by atoms with E-state index in [4.69, 9.17) is 4.74 Å². The normalized spacial score (nSPS) is 10.4. The number of carbonyl (C=O) groups is 1. The fourth-order valence-corrected chi connectivity index (χ4v) is 1.29. The summed E-state index contributed by atoms with van der Waals surface area (Å²) in [6.45, 7) is 4.49. The highest BCUT2D eigenvalue weighted by molar-refractivity contribution is 5.89. The minimum Gasteiger partial charge on any atom is -0.462 e. The van der Waals surface area contributed by atoms with E-state index in [9.17, 15) is 4.79 Å². The standard InChI is InChI=1S/C12H16NO2/c1-4-15-12(14)11-7-5-10(6-8-11)9-13(2)3/h5-8H,1,4,9H2,2-3H3. The molecule has 3 nitrogen and oxygen atoms in total. The van der Waals surface area contributed by atoms with Gasteiger partial charge in [0.25, 0.3) is 0 Å². The van der Waals surface area contributed by atoms with Crippen LogP contribution in [0.4, 0.5) is 0 Å². The molecule has 0 aliphatic heterocycles. The molecule has 0 unspecified atom stereocenters. The van der Waals surface area contributed by atoms with Gasteiger partial charge in [0, 0.05) is 6.54 Å². The summed E-state index contributed by atoms with van der Waals surface area (Å²) in [4.78, 5) is 13.4. The van der Waals surface area contributed by atoms with Crippen LogP contribution in [-0.2, 0) is 11.3 Å². The van der Waals surface area contributed by atoms with Gasteiger partial charge in [0.05, 0.1) is 12.2 Å². The van der Waals surface area contributed by atoms with Crippen LogP contribution in [0.1, 0.15) is 15.9 Å². The number of hydrogen-bond acceptors (Lipinski definition) is 3. The molecule has 1 aromatic carbocycles. The van der Waals surface area contributed by atoms with Crippen molar-refractivity contribution in [3.63, 3.8) is 0 Å². The van der Waals surface area contributed by atoms with Crippen molar-refractivity contribution in [2.24, 2.45) is 0 Å². The summed E-state index contributed by atoms with van der Waals surface area (Å²) in [6, 6.07) is 7.41. The zero-order chi connectivity index (χ0) is 11.3. The van der Waals surface area contributed by atoms with Gasteiger partial charge in [-0.1, -0.05) is 12.1 Å². The van der Waals surface area contributed by atoms with Crippen LogP contribution in [0, 0.1) is 6.92 Å². The van der Waals surface area contributed by atoms with Gasteiger partial charge in [0.2, 0.25) is 0 Å². The Hall–Kier alpha value is -1.35. The lowest BCUT2D eigenvalue weighted by atomic mass is 10.1. The maximum absolute atomic E-state index is 11.3. The molecule has 0 amide bonds. The van der Waals surface area contributed by atoms with E-state index in [1.807, 2.05) is 26.2 Å². The van der Waals surface area contributed by atoms with E-state index in [1.54, 1.807) is 12.1 Å².